The lowest BCUT2D eigenvalue weighted by Crippen LogP contribution is -2.56. The number of amides is 2. The Morgan fingerprint density at radius 1 is 0.870 bits per heavy atom. The van der Waals surface area contributed by atoms with Crippen LogP contribution in [0, 0.1) is 10.8 Å². The highest BCUT2D eigenvalue weighted by Crippen LogP contribution is 2.30. The van der Waals surface area contributed by atoms with Crippen LogP contribution < -0.4 is 20.1 Å². The molecule has 0 aliphatic carbocycles. The molecular weight excluding hydrogens is 654 g/mol. The minimum atomic E-state index is -1.06. The zero-order chi connectivity index (χ0) is 33.6. The predicted octanol–water partition coefficient (Wildman–Crippen LogP) is 5.38. The van der Waals surface area contributed by atoms with E-state index < -0.39 is 40.5 Å². The number of halogens is 1. The van der Waals surface area contributed by atoms with Crippen LogP contribution >= 0.6 is 17.0 Å². The molecule has 2 atom stereocenters. The highest BCUT2D eigenvalue weighted by Gasteiger charge is 2.33. The van der Waals surface area contributed by atoms with Crippen LogP contribution in [0.25, 0.3) is 0 Å². The summed E-state index contributed by atoms with van der Waals surface area (Å²) in [6, 6.07) is 13.0. The summed E-state index contributed by atoms with van der Waals surface area (Å²) in [7, 11) is 0. The van der Waals surface area contributed by atoms with E-state index in [0.717, 1.165) is 12.8 Å². The van der Waals surface area contributed by atoms with E-state index in [1.165, 1.54) is 6.07 Å². The van der Waals surface area contributed by atoms with Crippen LogP contribution in [0.2, 0.25) is 0 Å². The van der Waals surface area contributed by atoms with Gasteiger partial charge in [-0.25, -0.2) is 0 Å². The molecule has 2 amide bonds. The largest absolute Gasteiger partial charge is 0.426 e. The Hall–Kier alpha value is -3.28. The molecule has 254 valence electrons. The lowest BCUT2D eigenvalue weighted by atomic mass is 9.97. The molecule has 0 radical (unpaired) electrons. The number of likely N-dealkylation sites (tertiary alicyclic amines) is 1. The fourth-order valence-corrected chi connectivity index (χ4v) is 4.60. The van der Waals surface area contributed by atoms with Crippen molar-refractivity contribution in [3.63, 3.8) is 0 Å². The quantitative estimate of drug-likeness (QED) is 0.222. The molecule has 1 saturated heterocycles. The zero-order valence-corrected chi connectivity index (χ0v) is 30.0. The first kappa shape index (κ1) is 38.9. The van der Waals surface area contributed by atoms with Crippen molar-refractivity contribution in [1.82, 2.24) is 15.5 Å². The van der Waals surface area contributed by atoms with E-state index >= 15 is 0 Å². The summed E-state index contributed by atoms with van der Waals surface area (Å²) in [5, 5.41) is 17.4. The van der Waals surface area contributed by atoms with E-state index in [9.17, 15) is 24.3 Å². The van der Waals surface area contributed by atoms with E-state index in [-0.39, 0.29) is 53.4 Å². The highest BCUT2D eigenvalue weighted by atomic mass is 79.9. The van der Waals surface area contributed by atoms with Crippen LogP contribution in [0.3, 0.4) is 0 Å². The average molecular weight is 705 g/mol. The number of hydrogen-bond donors (Lipinski definition) is 3. The Balaban J connectivity index is 0.00000736. The minimum absolute atomic E-state index is 0. The van der Waals surface area contributed by atoms with Gasteiger partial charge in [-0.3, -0.25) is 19.2 Å². The number of nitrogens with zero attached hydrogens (tertiary/aromatic N) is 1. The predicted molar refractivity (Wildman–Crippen MR) is 182 cm³/mol. The first-order valence-corrected chi connectivity index (χ1v) is 15.5. The number of piperidine rings is 1. The molecule has 2 aromatic carbocycles. The number of hydrogen-bond acceptors (Lipinski definition) is 8. The van der Waals surface area contributed by atoms with Crippen LogP contribution in [0.5, 0.6) is 11.5 Å². The number of β-amino-alcohol motifs (C(OH)–C–C–N with tert-alkyl or cyclic N) is 1. The molecule has 46 heavy (non-hydrogen) atoms. The molecule has 1 fully saturated rings. The molecule has 2 aromatic rings. The standard InChI is InChI=1S/C35H49N3O7.BrH/c1-33(2,3)31(42)44-25-18-24(19-26(20-25)45-32(43)34(4,5)6)28(39)21-37-35(7,8)22-36-29(40)27-16-12-13-17-38(27)30(41)23-14-10-9-11-15-23;/h9-11,14-15,18-20,27-28,37,39H,12-13,16-17,21-22H2,1-8H3,(H,36,40);1H. The van der Waals surface area contributed by atoms with Crippen LogP contribution in [-0.4, -0.2) is 65.0 Å². The third-order valence-electron chi connectivity index (χ3n) is 7.50. The van der Waals surface area contributed by atoms with Crippen LogP contribution in [0.15, 0.2) is 48.5 Å². The van der Waals surface area contributed by atoms with E-state index in [1.807, 2.05) is 32.0 Å². The molecule has 2 unspecified atom stereocenters. The number of carbonyl (C=O) groups excluding carboxylic acids is 4. The molecule has 0 aromatic heterocycles. The second kappa shape index (κ2) is 16.0. The van der Waals surface area contributed by atoms with Crippen molar-refractivity contribution in [3.8, 4) is 11.5 Å². The average Bonchev–Trinajstić information content (AvgIpc) is 2.97. The molecular formula is C35H50BrN3O7. The van der Waals surface area contributed by atoms with Gasteiger partial charge in [0.05, 0.1) is 16.9 Å². The van der Waals surface area contributed by atoms with Crippen molar-refractivity contribution < 1.29 is 33.8 Å². The van der Waals surface area contributed by atoms with Gasteiger partial charge in [-0.05, 0) is 104 Å². The second-order valence-electron chi connectivity index (χ2n) is 14.4. The maximum atomic E-state index is 13.3. The number of aliphatic hydroxyl groups is 1. The van der Waals surface area contributed by atoms with Crippen molar-refractivity contribution in [2.45, 2.75) is 92.3 Å². The van der Waals surface area contributed by atoms with Gasteiger partial charge in [0.25, 0.3) is 5.91 Å². The third-order valence-corrected chi connectivity index (χ3v) is 7.50. The van der Waals surface area contributed by atoms with Crippen LogP contribution in [0.1, 0.15) is 96.7 Å². The molecule has 0 spiro atoms. The summed E-state index contributed by atoms with van der Waals surface area (Å²) in [6.07, 6.45) is 1.25. The van der Waals surface area contributed by atoms with Gasteiger partial charge in [0.2, 0.25) is 5.91 Å². The first-order chi connectivity index (χ1) is 20.9. The third kappa shape index (κ3) is 11.2. The van der Waals surface area contributed by atoms with Gasteiger partial charge in [0.15, 0.2) is 0 Å². The van der Waals surface area contributed by atoms with E-state index in [4.69, 9.17) is 9.47 Å². The van der Waals surface area contributed by atoms with Crippen molar-refractivity contribution in [2.24, 2.45) is 10.8 Å². The van der Waals surface area contributed by atoms with Gasteiger partial charge in [0, 0.05) is 36.8 Å². The van der Waals surface area contributed by atoms with Gasteiger partial charge < -0.3 is 30.1 Å². The Morgan fingerprint density at radius 2 is 1.41 bits per heavy atom. The molecule has 1 heterocycles. The van der Waals surface area contributed by atoms with Gasteiger partial charge in [0.1, 0.15) is 17.5 Å². The Bertz CT molecular complexity index is 1320. The fraction of sp³-hybridized carbons (Fsp3) is 0.543. The summed E-state index contributed by atoms with van der Waals surface area (Å²) in [5.41, 5.74) is -1.22. The highest BCUT2D eigenvalue weighted by molar-refractivity contribution is 8.93. The Labute approximate surface area is 283 Å². The smallest absolute Gasteiger partial charge is 0.316 e. The van der Waals surface area contributed by atoms with Crippen molar-refractivity contribution in [2.75, 3.05) is 19.6 Å². The van der Waals surface area contributed by atoms with Gasteiger partial charge in [-0.2, -0.15) is 0 Å². The molecule has 0 bridgehead atoms. The number of esters is 2. The molecule has 0 saturated carbocycles. The van der Waals surface area contributed by atoms with Crippen molar-refractivity contribution in [1.29, 1.82) is 0 Å². The van der Waals surface area contributed by atoms with E-state index in [2.05, 4.69) is 10.6 Å². The number of benzene rings is 2. The normalized spacial score (nSPS) is 16.1. The monoisotopic (exact) mass is 703 g/mol. The lowest BCUT2D eigenvalue weighted by molar-refractivity contribution is -0.143. The van der Waals surface area contributed by atoms with Gasteiger partial charge in [-0.15, -0.1) is 17.0 Å². The van der Waals surface area contributed by atoms with Gasteiger partial charge in [-0.1, -0.05) is 18.2 Å². The van der Waals surface area contributed by atoms with Crippen molar-refractivity contribution in [3.05, 3.63) is 59.7 Å². The topological polar surface area (TPSA) is 134 Å². The summed E-state index contributed by atoms with van der Waals surface area (Å²) < 4.78 is 11.1. The number of carbonyl (C=O) groups is 4. The molecule has 11 heteroatoms. The number of ether oxygens (including phenoxy) is 2. The van der Waals surface area contributed by atoms with Gasteiger partial charge >= 0.3 is 11.9 Å². The SMILES string of the molecule is Br.CC(C)(CNC(=O)C1CCCCN1C(=O)c1ccccc1)NCC(O)c1cc(OC(=O)C(C)(C)C)cc(OC(=O)C(C)(C)C)c1. The summed E-state index contributed by atoms with van der Waals surface area (Å²) in [4.78, 5) is 53.2. The second-order valence-corrected chi connectivity index (χ2v) is 14.4. The van der Waals surface area contributed by atoms with Crippen LogP contribution in [-0.2, 0) is 14.4 Å². The minimum Gasteiger partial charge on any atom is -0.426 e. The summed E-state index contributed by atoms with van der Waals surface area (Å²) in [5.74, 6) is -1.01. The molecule has 3 rings (SSSR count). The molecule has 3 N–H and O–H groups in total. The molecule has 1 aliphatic heterocycles. The summed E-state index contributed by atoms with van der Waals surface area (Å²) in [6.45, 7) is 15.0. The first-order valence-electron chi connectivity index (χ1n) is 15.5. The lowest BCUT2D eigenvalue weighted by Gasteiger charge is -2.36. The molecule has 1 aliphatic rings. The van der Waals surface area contributed by atoms with Crippen LogP contribution in [0.4, 0.5) is 0 Å². The Morgan fingerprint density at radius 3 is 1.93 bits per heavy atom. The summed E-state index contributed by atoms with van der Waals surface area (Å²) >= 11 is 0. The Kier molecular flexibility index (Phi) is 13.5. The maximum absolute atomic E-state index is 13.3. The fourth-order valence-electron chi connectivity index (χ4n) is 4.60. The maximum Gasteiger partial charge on any atom is 0.316 e. The van der Waals surface area contributed by atoms with E-state index in [0.29, 0.717) is 24.1 Å². The number of aliphatic hydroxyl groups excluding tert-OH is 1. The number of nitrogens with one attached hydrogen (secondary N) is 2. The van der Waals surface area contributed by atoms with E-state index in [1.54, 1.807) is 70.7 Å². The zero-order valence-electron chi connectivity index (χ0n) is 28.3. The number of rotatable bonds is 10. The molecule has 10 nitrogen and oxygen atoms in total. The van der Waals surface area contributed by atoms with Crippen molar-refractivity contribution >= 4 is 40.7 Å².